The van der Waals surface area contributed by atoms with E-state index in [1.54, 1.807) is 6.07 Å². The number of nitrogens with zero attached hydrogens (tertiary/aromatic N) is 1. The standard InChI is InChI=1S/C13H12Cl2N2/c1-17(12-4-2-11(16)3-5-12)13-7-9(14)6-10(15)8-13/h2-8H,16H2,1H3. The third-order valence-corrected chi connectivity index (χ3v) is 2.95. The molecule has 2 N–H and O–H groups in total. The maximum Gasteiger partial charge on any atom is 0.0441 e. The van der Waals surface area contributed by atoms with Crippen LogP contribution in [0.4, 0.5) is 17.1 Å². The number of hydrogen-bond acceptors (Lipinski definition) is 2. The van der Waals surface area contributed by atoms with Gasteiger partial charge < -0.3 is 10.6 Å². The number of anilines is 3. The smallest absolute Gasteiger partial charge is 0.0441 e. The highest BCUT2D eigenvalue weighted by Crippen LogP contribution is 2.29. The van der Waals surface area contributed by atoms with Crippen LogP contribution in [0.25, 0.3) is 0 Å². The minimum absolute atomic E-state index is 0.620. The molecule has 0 fully saturated rings. The van der Waals surface area contributed by atoms with Crippen molar-refractivity contribution in [3.8, 4) is 0 Å². The first kappa shape index (κ1) is 12.1. The molecule has 0 amide bonds. The molecule has 0 bridgehead atoms. The van der Waals surface area contributed by atoms with Crippen molar-refractivity contribution in [3.63, 3.8) is 0 Å². The number of rotatable bonds is 2. The minimum atomic E-state index is 0.620. The molecule has 0 radical (unpaired) electrons. The largest absolute Gasteiger partial charge is 0.399 e. The van der Waals surface area contributed by atoms with Gasteiger partial charge in [-0.05, 0) is 42.5 Å². The van der Waals surface area contributed by atoms with Gasteiger partial charge in [0.2, 0.25) is 0 Å². The second-order valence-corrected chi connectivity index (χ2v) is 4.65. The van der Waals surface area contributed by atoms with Crippen LogP contribution < -0.4 is 10.6 Å². The third kappa shape index (κ3) is 2.84. The predicted molar refractivity (Wildman–Crippen MR) is 75.4 cm³/mol. The lowest BCUT2D eigenvalue weighted by atomic mass is 10.2. The van der Waals surface area contributed by atoms with Gasteiger partial charge in [-0.1, -0.05) is 23.2 Å². The first-order valence-corrected chi connectivity index (χ1v) is 5.87. The summed E-state index contributed by atoms with van der Waals surface area (Å²) in [4.78, 5) is 2.00. The van der Waals surface area contributed by atoms with E-state index in [2.05, 4.69) is 0 Å². The summed E-state index contributed by atoms with van der Waals surface area (Å²) in [5.74, 6) is 0. The van der Waals surface area contributed by atoms with Crippen LogP contribution in [-0.4, -0.2) is 7.05 Å². The molecule has 0 unspecified atom stereocenters. The van der Waals surface area contributed by atoms with Crippen LogP contribution in [0.15, 0.2) is 42.5 Å². The van der Waals surface area contributed by atoms with E-state index in [9.17, 15) is 0 Å². The molecule has 2 aromatic carbocycles. The summed E-state index contributed by atoms with van der Waals surface area (Å²) in [7, 11) is 1.95. The molecule has 0 atom stereocenters. The fourth-order valence-electron chi connectivity index (χ4n) is 1.58. The van der Waals surface area contributed by atoms with Gasteiger partial charge in [0.15, 0.2) is 0 Å². The van der Waals surface area contributed by atoms with Crippen LogP contribution in [-0.2, 0) is 0 Å². The first-order chi connectivity index (χ1) is 8.06. The molecule has 17 heavy (non-hydrogen) atoms. The average Bonchev–Trinajstić information content (AvgIpc) is 2.28. The fourth-order valence-corrected chi connectivity index (χ4v) is 2.09. The van der Waals surface area contributed by atoms with Crippen molar-refractivity contribution in [1.82, 2.24) is 0 Å². The molecule has 0 aliphatic rings. The minimum Gasteiger partial charge on any atom is -0.399 e. The normalized spacial score (nSPS) is 10.3. The van der Waals surface area contributed by atoms with E-state index in [0.29, 0.717) is 10.0 Å². The summed E-state index contributed by atoms with van der Waals surface area (Å²) < 4.78 is 0. The van der Waals surface area contributed by atoms with Gasteiger partial charge in [0.05, 0.1) is 0 Å². The molecule has 2 rings (SSSR count). The summed E-state index contributed by atoms with van der Waals surface area (Å²) in [6, 6.07) is 13.1. The number of halogens is 2. The second kappa shape index (κ2) is 4.86. The molecule has 0 aromatic heterocycles. The van der Waals surface area contributed by atoms with Crippen molar-refractivity contribution in [1.29, 1.82) is 0 Å². The Bertz CT molecular complexity index is 503. The van der Waals surface area contributed by atoms with Crippen molar-refractivity contribution < 1.29 is 0 Å². The topological polar surface area (TPSA) is 29.3 Å². The molecule has 0 aliphatic carbocycles. The number of nitrogen functional groups attached to an aromatic ring is 1. The van der Waals surface area contributed by atoms with Gasteiger partial charge in [0.1, 0.15) is 0 Å². The van der Waals surface area contributed by atoms with E-state index < -0.39 is 0 Å². The van der Waals surface area contributed by atoms with Crippen molar-refractivity contribution >= 4 is 40.3 Å². The van der Waals surface area contributed by atoms with Gasteiger partial charge >= 0.3 is 0 Å². The lowest BCUT2D eigenvalue weighted by molar-refractivity contribution is 1.21. The van der Waals surface area contributed by atoms with E-state index in [4.69, 9.17) is 28.9 Å². The van der Waals surface area contributed by atoms with Crippen LogP contribution in [0.3, 0.4) is 0 Å². The van der Waals surface area contributed by atoms with Gasteiger partial charge in [-0.3, -0.25) is 0 Å². The molecule has 4 heteroatoms. The SMILES string of the molecule is CN(c1ccc(N)cc1)c1cc(Cl)cc(Cl)c1. The quantitative estimate of drug-likeness (QED) is 0.820. The Morgan fingerprint density at radius 3 is 1.94 bits per heavy atom. The summed E-state index contributed by atoms with van der Waals surface area (Å²) >= 11 is 12.0. The van der Waals surface area contributed by atoms with Crippen molar-refractivity contribution in [2.45, 2.75) is 0 Å². The monoisotopic (exact) mass is 266 g/mol. The molecule has 0 heterocycles. The maximum atomic E-state index is 5.98. The average molecular weight is 267 g/mol. The predicted octanol–water partition coefficient (Wildman–Crippen LogP) is 4.34. The van der Waals surface area contributed by atoms with Crippen LogP contribution in [0.2, 0.25) is 10.0 Å². The van der Waals surface area contributed by atoms with Crippen LogP contribution in [0, 0.1) is 0 Å². The van der Waals surface area contributed by atoms with Gasteiger partial charge in [-0.15, -0.1) is 0 Å². The summed E-state index contributed by atoms with van der Waals surface area (Å²) in [6.07, 6.45) is 0. The molecule has 2 nitrogen and oxygen atoms in total. The Kier molecular flexibility index (Phi) is 3.46. The van der Waals surface area contributed by atoms with Gasteiger partial charge in [-0.2, -0.15) is 0 Å². The van der Waals surface area contributed by atoms with Gasteiger partial charge in [0, 0.05) is 34.2 Å². The first-order valence-electron chi connectivity index (χ1n) is 5.11. The Hall–Kier alpha value is -1.38. The summed E-state index contributed by atoms with van der Waals surface area (Å²) in [5, 5.41) is 1.24. The number of nitrogens with two attached hydrogens (primary N) is 1. The van der Waals surface area contributed by atoms with E-state index in [0.717, 1.165) is 17.1 Å². The highest BCUT2D eigenvalue weighted by Gasteiger charge is 2.05. The molecule has 2 aromatic rings. The Balaban J connectivity index is 2.36. The summed E-state index contributed by atoms with van der Waals surface area (Å²) in [6.45, 7) is 0. The molecule has 0 spiro atoms. The second-order valence-electron chi connectivity index (χ2n) is 3.78. The molecule has 0 saturated carbocycles. The van der Waals surface area contributed by atoms with E-state index >= 15 is 0 Å². The van der Waals surface area contributed by atoms with E-state index in [1.165, 1.54) is 0 Å². The van der Waals surface area contributed by atoms with E-state index in [-0.39, 0.29) is 0 Å². The molecule has 0 saturated heterocycles. The highest BCUT2D eigenvalue weighted by molar-refractivity contribution is 6.35. The van der Waals surface area contributed by atoms with E-state index in [1.807, 2.05) is 48.3 Å². The summed E-state index contributed by atoms with van der Waals surface area (Å²) in [5.41, 5.74) is 8.36. The molecule has 88 valence electrons. The zero-order valence-corrected chi connectivity index (χ0v) is 10.8. The van der Waals surface area contributed by atoms with Crippen molar-refractivity contribution in [2.24, 2.45) is 0 Å². The number of benzene rings is 2. The van der Waals surface area contributed by atoms with Crippen molar-refractivity contribution in [2.75, 3.05) is 17.7 Å². The zero-order chi connectivity index (χ0) is 12.4. The maximum absolute atomic E-state index is 5.98. The Morgan fingerprint density at radius 2 is 1.41 bits per heavy atom. The molecular formula is C13H12Cl2N2. The zero-order valence-electron chi connectivity index (χ0n) is 9.32. The van der Waals surface area contributed by atoms with Crippen LogP contribution in [0.1, 0.15) is 0 Å². The highest BCUT2D eigenvalue weighted by atomic mass is 35.5. The van der Waals surface area contributed by atoms with Gasteiger partial charge in [0.25, 0.3) is 0 Å². The lowest BCUT2D eigenvalue weighted by Gasteiger charge is -2.20. The molecule has 0 aliphatic heterocycles. The lowest BCUT2D eigenvalue weighted by Crippen LogP contribution is -2.09. The van der Waals surface area contributed by atoms with Crippen LogP contribution >= 0.6 is 23.2 Å². The number of hydrogen-bond donors (Lipinski definition) is 1. The van der Waals surface area contributed by atoms with Gasteiger partial charge in [-0.25, -0.2) is 0 Å². The Morgan fingerprint density at radius 1 is 0.882 bits per heavy atom. The van der Waals surface area contributed by atoms with Crippen molar-refractivity contribution in [3.05, 3.63) is 52.5 Å². The fraction of sp³-hybridized carbons (Fsp3) is 0.0769. The Labute approximate surface area is 111 Å². The molecular weight excluding hydrogens is 255 g/mol. The third-order valence-electron chi connectivity index (χ3n) is 2.52. The van der Waals surface area contributed by atoms with Crippen LogP contribution in [0.5, 0.6) is 0 Å².